The quantitative estimate of drug-likeness (QED) is 0.778. The molecule has 3 unspecified atom stereocenters. The van der Waals surface area contributed by atoms with Crippen molar-refractivity contribution in [1.29, 1.82) is 0 Å². The average molecular weight is 195 g/mol. The Balaban J connectivity index is 1.91. The maximum absolute atomic E-state index is 3.44. The number of hydrogen-bond acceptors (Lipinski definition) is 2. The standard InChI is InChI=1S/C11H17NS/c1-8-6-10(8)11(12-2)7-9-4-3-5-13-9/h3-5,8,10-12H,6-7H2,1-2H3. The summed E-state index contributed by atoms with van der Waals surface area (Å²) in [4.78, 5) is 1.51. The van der Waals surface area contributed by atoms with Gasteiger partial charge in [-0.1, -0.05) is 13.0 Å². The fourth-order valence-corrected chi connectivity index (χ4v) is 2.79. The first-order valence-corrected chi connectivity index (χ1v) is 5.89. The monoisotopic (exact) mass is 195 g/mol. The molecule has 2 rings (SSSR count). The van der Waals surface area contributed by atoms with Crippen LogP contribution in [0.5, 0.6) is 0 Å². The first kappa shape index (κ1) is 9.22. The van der Waals surface area contributed by atoms with Gasteiger partial charge in [-0.2, -0.15) is 0 Å². The summed E-state index contributed by atoms with van der Waals surface area (Å²) < 4.78 is 0. The Morgan fingerprint density at radius 1 is 1.69 bits per heavy atom. The molecule has 3 atom stereocenters. The Bertz CT molecular complexity index is 255. The second kappa shape index (κ2) is 3.81. The van der Waals surface area contributed by atoms with Crippen LogP contribution in [0.1, 0.15) is 18.2 Å². The second-order valence-corrected chi connectivity index (χ2v) is 5.09. The van der Waals surface area contributed by atoms with Crippen LogP contribution in [0.3, 0.4) is 0 Å². The van der Waals surface area contributed by atoms with E-state index in [2.05, 4.69) is 36.8 Å². The lowest BCUT2D eigenvalue weighted by atomic mass is 10.1. The van der Waals surface area contributed by atoms with E-state index in [1.807, 2.05) is 11.3 Å². The molecule has 0 aromatic carbocycles. The van der Waals surface area contributed by atoms with Crippen LogP contribution in [0.4, 0.5) is 0 Å². The fourth-order valence-electron chi connectivity index (χ4n) is 2.02. The smallest absolute Gasteiger partial charge is 0.0143 e. The van der Waals surface area contributed by atoms with Crippen molar-refractivity contribution in [3.05, 3.63) is 22.4 Å². The Morgan fingerprint density at radius 3 is 2.92 bits per heavy atom. The van der Waals surface area contributed by atoms with Gasteiger partial charge in [-0.3, -0.25) is 0 Å². The van der Waals surface area contributed by atoms with Crippen molar-refractivity contribution in [1.82, 2.24) is 5.32 Å². The third-order valence-corrected chi connectivity index (χ3v) is 3.96. The topological polar surface area (TPSA) is 12.0 Å². The van der Waals surface area contributed by atoms with Crippen molar-refractivity contribution >= 4 is 11.3 Å². The molecule has 72 valence electrons. The molecule has 1 aliphatic rings. The minimum atomic E-state index is 0.702. The Morgan fingerprint density at radius 2 is 2.46 bits per heavy atom. The largest absolute Gasteiger partial charge is 0.316 e. The summed E-state index contributed by atoms with van der Waals surface area (Å²) in [5.41, 5.74) is 0. The Labute approximate surface area is 84.2 Å². The molecule has 1 aromatic rings. The number of thiophene rings is 1. The molecule has 1 fully saturated rings. The molecule has 0 saturated heterocycles. The normalized spacial score (nSPS) is 28.8. The maximum atomic E-state index is 3.44. The molecule has 1 aliphatic carbocycles. The first-order valence-electron chi connectivity index (χ1n) is 5.01. The van der Waals surface area contributed by atoms with Gasteiger partial charge in [0.1, 0.15) is 0 Å². The summed E-state index contributed by atoms with van der Waals surface area (Å²) in [6.07, 6.45) is 2.63. The number of likely N-dealkylation sites (N-methyl/N-ethyl adjacent to an activating group) is 1. The molecule has 0 spiro atoms. The van der Waals surface area contributed by atoms with E-state index in [0.29, 0.717) is 6.04 Å². The van der Waals surface area contributed by atoms with Gasteiger partial charge in [0.15, 0.2) is 0 Å². The SMILES string of the molecule is CNC(Cc1cccs1)C1CC1C. The number of hydrogen-bond donors (Lipinski definition) is 1. The summed E-state index contributed by atoms with van der Waals surface area (Å²) in [5.74, 6) is 1.87. The van der Waals surface area contributed by atoms with Gasteiger partial charge >= 0.3 is 0 Å². The molecule has 1 heterocycles. The minimum absolute atomic E-state index is 0.702. The minimum Gasteiger partial charge on any atom is -0.316 e. The van der Waals surface area contributed by atoms with Crippen LogP contribution in [0, 0.1) is 11.8 Å². The highest BCUT2D eigenvalue weighted by atomic mass is 32.1. The van der Waals surface area contributed by atoms with E-state index in [9.17, 15) is 0 Å². The van der Waals surface area contributed by atoms with E-state index >= 15 is 0 Å². The molecule has 1 nitrogen and oxygen atoms in total. The zero-order chi connectivity index (χ0) is 9.26. The van der Waals surface area contributed by atoms with Gasteiger partial charge in [-0.05, 0) is 43.2 Å². The zero-order valence-electron chi connectivity index (χ0n) is 8.29. The average Bonchev–Trinajstić information content (AvgIpc) is 2.68. The molecule has 0 aliphatic heterocycles. The summed E-state index contributed by atoms with van der Waals surface area (Å²) in [6.45, 7) is 2.35. The third kappa shape index (κ3) is 2.12. The molecule has 1 N–H and O–H groups in total. The summed E-state index contributed by atoms with van der Waals surface area (Å²) in [6, 6.07) is 5.08. The van der Waals surface area contributed by atoms with E-state index in [0.717, 1.165) is 11.8 Å². The highest BCUT2D eigenvalue weighted by molar-refractivity contribution is 7.09. The van der Waals surface area contributed by atoms with Crippen molar-refractivity contribution in [2.24, 2.45) is 11.8 Å². The van der Waals surface area contributed by atoms with Crippen LogP contribution in [-0.4, -0.2) is 13.1 Å². The zero-order valence-corrected chi connectivity index (χ0v) is 9.10. The van der Waals surface area contributed by atoms with E-state index in [4.69, 9.17) is 0 Å². The Hall–Kier alpha value is -0.340. The summed E-state index contributed by atoms with van der Waals surface area (Å²) >= 11 is 1.87. The van der Waals surface area contributed by atoms with Gasteiger partial charge in [0.2, 0.25) is 0 Å². The van der Waals surface area contributed by atoms with Gasteiger partial charge in [-0.25, -0.2) is 0 Å². The van der Waals surface area contributed by atoms with Crippen molar-refractivity contribution in [3.8, 4) is 0 Å². The molecular formula is C11H17NS. The predicted octanol–water partition coefficient (Wildman–Crippen LogP) is 2.53. The highest BCUT2D eigenvalue weighted by Gasteiger charge is 2.38. The third-order valence-electron chi connectivity index (χ3n) is 3.06. The van der Waals surface area contributed by atoms with Gasteiger partial charge < -0.3 is 5.32 Å². The molecule has 2 heteroatoms. The predicted molar refractivity (Wildman–Crippen MR) is 58.1 cm³/mol. The van der Waals surface area contributed by atoms with Crippen molar-refractivity contribution < 1.29 is 0 Å². The number of rotatable bonds is 4. The molecular weight excluding hydrogens is 178 g/mol. The van der Waals surface area contributed by atoms with Crippen LogP contribution in [0.25, 0.3) is 0 Å². The number of nitrogens with one attached hydrogen (secondary N) is 1. The lowest BCUT2D eigenvalue weighted by molar-refractivity contribution is 0.482. The molecule has 13 heavy (non-hydrogen) atoms. The fraction of sp³-hybridized carbons (Fsp3) is 0.636. The lowest BCUT2D eigenvalue weighted by Gasteiger charge is -2.14. The highest BCUT2D eigenvalue weighted by Crippen LogP contribution is 2.41. The van der Waals surface area contributed by atoms with Crippen LogP contribution in [-0.2, 0) is 6.42 Å². The van der Waals surface area contributed by atoms with Gasteiger partial charge in [0.05, 0.1) is 0 Å². The van der Waals surface area contributed by atoms with Crippen LogP contribution >= 0.6 is 11.3 Å². The van der Waals surface area contributed by atoms with Crippen LogP contribution in [0.2, 0.25) is 0 Å². The molecule has 0 radical (unpaired) electrons. The second-order valence-electron chi connectivity index (χ2n) is 4.06. The van der Waals surface area contributed by atoms with Gasteiger partial charge in [-0.15, -0.1) is 11.3 Å². The summed E-state index contributed by atoms with van der Waals surface area (Å²) in [5, 5.41) is 5.60. The van der Waals surface area contributed by atoms with Crippen molar-refractivity contribution in [2.45, 2.75) is 25.8 Å². The van der Waals surface area contributed by atoms with Crippen LogP contribution < -0.4 is 5.32 Å². The van der Waals surface area contributed by atoms with Crippen LogP contribution in [0.15, 0.2) is 17.5 Å². The molecule has 0 amide bonds. The van der Waals surface area contributed by atoms with E-state index in [1.165, 1.54) is 17.7 Å². The first-order chi connectivity index (χ1) is 6.31. The summed E-state index contributed by atoms with van der Waals surface area (Å²) in [7, 11) is 2.09. The van der Waals surface area contributed by atoms with E-state index < -0.39 is 0 Å². The molecule has 1 saturated carbocycles. The maximum Gasteiger partial charge on any atom is 0.0143 e. The van der Waals surface area contributed by atoms with Gasteiger partial charge in [0.25, 0.3) is 0 Å². The van der Waals surface area contributed by atoms with Crippen molar-refractivity contribution in [2.75, 3.05) is 7.05 Å². The van der Waals surface area contributed by atoms with Crippen molar-refractivity contribution in [3.63, 3.8) is 0 Å². The lowest BCUT2D eigenvalue weighted by Crippen LogP contribution is -2.30. The van der Waals surface area contributed by atoms with E-state index in [1.54, 1.807) is 0 Å². The molecule has 1 aromatic heterocycles. The molecule has 0 bridgehead atoms. The van der Waals surface area contributed by atoms with Gasteiger partial charge in [0, 0.05) is 10.9 Å². The van der Waals surface area contributed by atoms with E-state index in [-0.39, 0.29) is 0 Å². The Kier molecular flexibility index (Phi) is 2.70.